The highest BCUT2D eigenvalue weighted by Crippen LogP contribution is 1.83. The molecule has 4 nitrogen and oxygen atoms in total. The molecule has 0 saturated heterocycles. The number of rotatable bonds is 4. The van der Waals surface area contributed by atoms with Gasteiger partial charge in [0, 0.05) is 0 Å². The van der Waals surface area contributed by atoms with Crippen molar-refractivity contribution in [1.29, 1.82) is 0 Å². The van der Waals surface area contributed by atoms with Crippen molar-refractivity contribution in [2.45, 2.75) is 6.10 Å². The molecule has 0 aliphatic heterocycles. The predicted molar refractivity (Wildman–Crippen MR) is 34.3 cm³/mol. The lowest BCUT2D eigenvalue weighted by Gasteiger charge is -1.96. The zero-order chi connectivity index (χ0) is 7.98. The van der Waals surface area contributed by atoms with Crippen LogP contribution in [0.15, 0.2) is 12.2 Å². The van der Waals surface area contributed by atoms with Crippen molar-refractivity contribution in [1.82, 2.24) is 0 Å². The molecule has 0 rings (SSSR count). The van der Waals surface area contributed by atoms with E-state index in [1.54, 1.807) is 0 Å². The first kappa shape index (κ1) is 9.29. The van der Waals surface area contributed by atoms with Gasteiger partial charge in [0.25, 0.3) is 0 Å². The van der Waals surface area contributed by atoms with Gasteiger partial charge in [-0.05, 0) is 6.08 Å². The van der Waals surface area contributed by atoms with Gasteiger partial charge in [-0.25, -0.2) is 0 Å². The first-order chi connectivity index (χ1) is 4.70. The van der Waals surface area contributed by atoms with Gasteiger partial charge in [-0.2, -0.15) is 0 Å². The second-order valence-electron chi connectivity index (χ2n) is 1.73. The van der Waals surface area contributed by atoms with Crippen LogP contribution in [-0.4, -0.2) is 40.4 Å². The number of carbonyl (C=O) groups excluding carboxylic acids is 1. The van der Waals surface area contributed by atoms with Gasteiger partial charge in [0.05, 0.1) is 12.7 Å². The molecular formula is C6H10O4. The Labute approximate surface area is 58.4 Å². The first-order valence-corrected chi connectivity index (χ1v) is 2.81. The zero-order valence-electron chi connectivity index (χ0n) is 5.40. The Hall–Kier alpha value is -0.710. The van der Waals surface area contributed by atoms with Crippen molar-refractivity contribution in [3.63, 3.8) is 0 Å². The predicted octanol–water partition coefficient (Wildman–Crippen LogP) is -1.54. The van der Waals surface area contributed by atoms with E-state index in [1.807, 2.05) is 0 Å². The first-order valence-electron chi connectivity index (χ1n) is 2.81. The highest BCUT2D eigenvalue weighted by Gasteiger charge is 1.96. The Balaban J connectivity index is 3.63. The van der Waals surface area contributed by atoms with Crippen LogP contribution in [0.2, 0.25) is 0 Å². The van der Waals surface area contributed by atoms with E-state index in [2.05, 4.69) is 0 Å². The van der Waals surface area contributed by atoms with Crippen LogP contribution >= 0.6 is 0 Å². The summed E-state index contributed by atoms with van der Waals surface area (Å²) in [5.74, 6) is -0.493. The van der Waals surface area contributed by atoms with Crippen LogP contribution in [0.25, 0.3) is 0 Å². The molecule has 4 heteroatoms. The number of ketones is 1. The van der Waals surface area contributed by atoms with Gasteiger partial charge < -0.3 is 15.3 Å². The van der Waals surface area contributed by atoms with Crippen molar-refractivity contribution in [3.8, 4) is 0 Å². The molecule has 0 amide bonds. The highest BCUT2D eigenvalue weighted by atomic mass is 16.3. The fraction of sp³-hybridized carbons (Fsp3) is 0.500. The van der Waals surface area contributed by atoms with Crippen molar-refractivity contribution in [2.24, 2.45) is 0 Å². The van der Waals surface area contributed by atoms with E-state index in [9.17, 15) is 4.79 Å². The summed E-state index contributed by atoms with van der Waals surface area (Å²) in [4.78, 5) is 10.3. The molecule has 0 aromatic heterocycles. The Morgan fingerprint density at radius 2 is 2.10 bits per heavy atom. The van der Waals surface area contributed by atoms with Crippen LogP contribution in [0.1, 0.15) is 0 Å². The highest BCUT2D eigenvalue weighted by molar-refractivity contribution is 5.90. The minimum Gasteiger partial charge on any atom is -0.393 e. The maximum absolute atomic E-state index is 10.3. The molecule has 0 aliphatic carbocycles. The summed E-state index contributed by atoms with van der Waals surface area (Å²) in [6, 6.07) is 0. The van der Waals surface area contributed by atoms with E-state index in [0.717, 1.165) is 12.2 Å². The van der Waals surface area contributed by atoms with E-state index in [-0.39, 0.29) is 0 Å². The smallest absolute Gasteiger partial charge is 0.180 e. The number of hydrogen-bond acceptors (Lipinski definition) is 4. The molecule has 1 atom stereocenters. The second-order valence-corrected chi connectivity index (χ2v) is 1.73. The number of aliphatic hydroxyl groups excluding tert-OH is 3. The van der Waals surface area contributed by atoms with Crippen LogP contribution < -0.4 is 0 Å². The fourth-order valence-corrected chi connectivity index (χ4v) is 0.332. The maximum Gasteiger partial charge on any atom is 0.180 e. The Morgan fingerprint density at radius 3 is 2.50 bits per heavy atom. The van der Waals surface area contributed by atoms with Gasteiger partial charge in [0.2, 0.25) is 0 Å². The standard InChI is InChI=1S/C6H10O4/c7-3-5(9)1-2-6(10)4-8/h1-2,5,7-9H,3-4H2/t5-/m0/s1. The van der Waals surface area contributed by atoms with Gasteiger partial charge in [-0.15, -0.1) is 0 Å². The quantitative estimate of drug-likeness (QED) is 0.420. The van der Waals surface area contributed by atoms with E-state index in [0.29, 0.717) is 0 Å². The SMILES string of the molecule is O=C(C=C[C@H](O)CO)CO. The Kier molecular flexibility index (Phi) is 4.74. The van der Waals surface area contributed by atoms with Gasteiger partial charge in [0.1, 0.15) is 6.61 Å². The van der Waals surface area contributed by atoms with Crippen LogP contribution in [0.5, 0.6) is 0 Å². The molecule has 0 heterocycles. The van der Waals surface area contributed by atoms with Crippen LogP contribution in [0.3, 0.4) is 0 Å². The van der Waals surface area contributed by atoms with Crippen molar-refractivity contribution < 1.29 is 20.1 Å². The van der Waals surface area contributed by atoms with Gasteiger partial charge in [0.15, 0.2) is 5.78 Å². The van der Waals surface area contributed by atoms with E-state index in [4.69, 9.17) is 15.3 Å². The van der Waals surface area contributed by atoms with Gasteiger partial charge in [-0.1, -0.05) is 6.08 Å². The topological polar surface area (TPSA) is 77.8 Å². The van der Waals surface area contributed by atoms with E-state index >= 15 is 0 Å². The third-order valence-corrected chi connectivity index (χ3v) is 0.847. The molecule has 0 aliphatic rings. The third-order valence-electron chi connectivity index (χ3n) is 0.847. The average molecular weight is 146 g/mol. The lowest BCUT2D eigenvalue weighted by Crippen LogP contribution is -2.09. The van der Waals surface area contributed by atoms with Crippen LogP contribution in [-0.2, 0) is 4.79 Å². The van der Waals surface area contributed by atoms with Crippen molar-refractivity contribution in [2.75, 3.05) is 13.2 Å². The molecule has 0 bridgehead atoms. The molecule has 0 aromatic rings. The maximum atomic E-state index is 10.3. The molecule has 0 saturated carbocycles. The normalized spacial score (nSPS) is 13.9. The fourth-order valence-electron chi connectivity index (χ4n) is 0.332. The van der Waals surface area contributed by atoms with Gasteiger partial charge >= 0.3 is 0 Å². The molecule has 10 heavy (non-hydrogen) atoms. The zero-order valence-corrected chi connectivity index (χ0v) is 5.40. The van der Waals surface area contributed by atoms with Crippen LogP contribution in [0.4, 0.5) is 0 Å². The molecular weight excluding hydrogens is 136 g/mol. The third kappa shape index (κ3) is 4.20. The number of aliphatic hydroxyl groups is 3. The summed E-state index contributed by atoms with van der Waals surface area (Å²) < 4.78 is 0. The molecule has 58 valence electrons. The molecule has 0 aromatic carbocycles. The summed E-state index contributed by atoms with van der Waals surface area (Å²) in [7, 11) is 0. The van der Waals surface area contributed by atoms with E-state index < -0.39 is 25.1 Å². The molecule has 0 fully saturated rings. The summed E-state index contributed by atoms with van der Waals surface area (Å²) >= 11 is 0. The van der Waals surface area contributed by atoms with Crippen molar-refractivity contribution >= 4 is 5.78 Å². The lowest BCUT2D eigenvalue weighted by atomic mass is 10.3. The molecule has 0 spiro atoms. The summed E-state index contributed by atoms with van der Waals surface area (Å²) in [6.07, 6.45) is 1.13. The Morgan fingerprint density at radius 1 is 1.50 bits per heavy atom. The average Bonchev–Trinajstić information content (AvgIpc) is 1.99. The van der Waals surface area contributed by atoms with Crippen LogP contribution in [0, 0.1) is 0 Å². The Bertz CT molecular complexity index is 130. The molecule has 3 N–H and O–H groups in total. The van der Waals surface area contributed by atoms with Gasteiger partial charge in [-0.3, -0.25) is 4.79 Å². The van der Waals surface area contributed by atoms with E-state index in [1.165, 1.54) is 0 Å². The minimum atomic E-state index is -1.02. The second kappa shape index (κ2) is 5.10. The number of hydrogen-bond donors (Lipinski definition) is 3. The lowest BCUT2D eigenvalue weighted by molar-refractivity contribution is -0.117. The number of carbonyl (C=O) groups is 1. The summed E-state index contributed by atoms with van der Waals surface area (Å²) in [5, 5.41) is 25.1. The molecule has 0 radical (unpaired) electrons. The minimum absolute atomic E-state index is 0.421. The monoisotopic (exact) mass is 146 g/mol. The summed E-state index contributed by atoms with van der Waals surface area (Å²) in [6.45, 7) is -0.996. The largest absolute Gasteiger partial charge is 0.393 e. The summed E-state index contributed by atoms with van der Waals surface area (Å²) in [5.41, 5.74) is 0. The molecule has 0 unspecified atom stereocenters. The van der Waals surface area contributed by atoms with Crippen molar-refractivity contribution in [3.05, 3.63) is 12.2 Å².